The Morgan fingerprint density at radius 1 is 1.57 bits per heavy atom. The van der Waals surface area contributed by atoms with E-state index in [1.54, 1.807) is 7.11 Å². The van der Waals surface area contributed by atoms with Crippen LogP contribution in [0.4, 0.5) is 0 Å². The van der Waals surface area contributed by atoms with Gasteiger partial charge in [-0.15, -0.1) is 0 Å². The van der Waals surface area contributed by atoms with Crippen molar-refractivity contribution < 1.29 is 17.1 Å². The van der Waals surface area contributed by atoms with Gasteiger partial charge in [0, 0.05) is 13.7 Å². The third-order valence-electron chi connectivity index (χ3n) is 0.287. The molecule has 0 unspecified atom stereocenters. The number of hydrogen-bond acceptors (Lipinski definition) is 2. The molecule has 0 aromatic rings. The second-order valence-corrected chi connectivity index (χ2v) is 1.11. The van der Waals surface area contributed by atoms with E-state index in [9.17, 15) is 0 Å². The molecule has 0 aliphatic heterocycles. The SMILES string of the molecule is COCC[S-].[Cl-].[Mg+2]. The molecule has 0 aliphatic carbocycles. The quantitative estimate of drug-likeness (QED) is 0.303. The van der Waals surface area contributed by atoms with E-state index in [2.05, 4.69) is 17.4 Å². The van der Waals surface area contributed by atoms with Crippen molar-refractivity contribution in [1.29, 1.82) is 0 Å². The van der Waals surface area contributed by atoms with Crippen LogP contribution in [0.1, 0.15) is 0 Å². The van der Waals surface area contributed by atoms with Crippen LogP contribution in [0.5, 0.6) is 0 Å². The van der Waals surface area contributed by atoms with Gasteiger partial charge in [-0.2, -0.15) is 5.75 Å². The van der Waals surface area contributed by atoms with Crippen molar-refractivity contribution >= 4 is 35.7 Å². The summed E-state index contributed by atoms with van der Waals surface area (Å²) in [6, 6.07) is 0. The van der Waals surface area contributed by atoms with E-state index < -0.39 is 0 Å². The Morgan fingerprint density at radius 3 is 2.00 bits per heavy atom. The largest absolute Gasteiger partial charge is 2.00 e. The molecule has 0 aromatic heterocycles. The zero-order valence-electron chi connectivity index (χ0n) is 4.32. The minimum atomic E-state index is 0. The summed E-state index contributed by atoms with van der Waals surface area (Å²) in [6.45, 7) is 0.704. The Kier molecular flexibility index (Phi) is 35.3. The van der Waals surface area contributed by atoms with E-state index in [-0.39, 0.29) is 35.5 Å². The summed E-state index contributed by atoms with van der Waals surface area (Å²) in [6.07, 6.45) is 0. The first kappa shape index (κ1) is 15.8. The number of methoxy groups -OCH3 is 1. The van der Waals surface area contributed by atoms with Gasteiger partial charge in [-0.25, -0.2) is 0 Å². The van der Waals surface area contributed by atoms with Crippen molar-refractivity contribution in [3.8, 4) is 0 Å². The first-order valence-electron chi connectivity index (χ1n) is 1.49. The molecular formula is C3H7ClMgOS. The second-order valence-electron chi connectivity index (χ2n) is 0.697. The summed E-state index contributed by atoms with van der Waals surface area (Å²) in [7, 11) is 1.65. The average molecular weight is 151 g/mol. The zero-order valence-corrected chi connectivity index (χ0v) is 7.30. The third kappa shape index (κ3) is 18.7. The van der Waals surface area contributed by atoms with Crippen LogP contribution >= 0.6 is 0 Å². The van der Waals surface area contributed by atoms with Gasteiger partial charge in [-0.05, 0) is 0 Å². The molecule has 0 aliphatic rings. The summed E-state index contributed by atoms with van der Waals surface area (Å²) < 4.78 is 4.59. The fraction of sp³-hybridized carbons (Fsp3) is 1.00. The summed E-state index contributed by atoms with van der Waals surface area (Å²) in [5, 5.41) is 0. The molecule has 1 nitrogen and oxygen atoms in total. The van der Waals surface area contributed by atoms with E-state index in [1.807, 2.05) is 0 Å². The fourth-order valence-electron chi connectivity index (χ4n) is 0.0833. The predicted octanol–water partition coefficient (Wildman–Crippen LogP) is -3.20. The van der Waals surface area contributed by atoms with Gasteiger partial charge in [-0.3, -0.25) is 0 Å². The summed E-state index contributed by atoms with van der Waals surface area (Å²) in [5.74, 6) is 0.705. The molecule has 0 saturated carbocycles. The standard InChI is InChI=1S/C3H8OS.ClH.Mg/c1-4-2-3-5;;/h5H,2-3H2,1H3;1H;/q;;+2/p-2. The maximum Gasteiger partial charge on any atom is 2.00 e. The van der Waals surface area contributed by atoms with E-state index >= 15 is 0 Å². The molecule has 0 amide bonds. The number of halogens is 1. The van der Waals surface area contributed by atoms with Crippen molar-refractivity contribution in [1.82, 2.24) is 0 Å². The topological polar surface area (TPSA) is 9.23 Å². The van der Waals surface area contributed by atoms with Crippen LogP contribution in [0.2, 0.25) is 0 Å². The fourth-order valence-corrected chi connectivity index (χ4v) is 0.250. The molecule has 0 aromatic carbocycles. The van der Waals surface area contributed by atoms with Gasteiger partial charge in [-0.1, -0.05) is 0 Å². The van der Waals surface area contributed by atoms with Crippen molar-refractivity contribution in [2.24, 2.45) is 0 Å². The minimum Gasteiger partial charge on any atom is -1.00 e. The van der Waals surface area contributed by atoms with E-state index in [0.717, 1.165) is 0 Å². The maximum absolute atomic E-state index is 4.59. The molecule has 40 valence electrons. The third-order valence-corrected chi connectivity index (χ3v) is 0.454. The molecular weight excluding hydrogens is 144 g/mol. The molecule has 0 N–H and O–H groups in total. The summed E-state index contributed by atoms with van der Waals surface area (Å²) in [5.41, 5.74) is 0. The van der Waals surface area contributed by atoms with Crippen LogP contribution in [0.3, 0.4) is 0 Å². The molecule has 0 spiro atoms. The van der Waals surface area contributed by atoms with E-state index in [0.29, 0.717) is 12.4 Å². The molecule has 0 fully saturated rings. The summed E-state index contributed by atoms with van der Waals surface area (Å²) in [4.78, 5) is 0. The van der Waals surface area contributed by atoms with Gasteiger partial charge in [0.15, 0.2) is 0 Å². The minimum absolute atomic E-state index is 0. The van der Waals surface area contributed by atoms with Crippen molar-refractivity contribution in [2.75, 3.05) is 19.5 Å². The monoisotopic (exact) mass is 150 g/mol. The summed E-state index contributed by atoms with van der Waals surface area (Å²) >= 11 is 4.53. The molecule has 0 bridgehead atoms. The zero-order chi connectivity index (χ0) is 4.12. The Balaban J connectivity index is -0.0000000800. The molecule has 0 heterocycles. The van der Waals surface area contributed by atoms with Gasteiger partial charge in [0.1, 0.15) is 0 Å². The molecule has 0 saturated heterocycles. The Hall–Kier alpha value is 1.37. The first-order valence-corrected chi connectivity index (χ1v) is 2.06. The molecule has 0 atom stereocenters. The number of rotatable bonds is 2. The van der Waals surface area contributed by atoms with Crippen LogP contribution in [0.25, 0.3) is 0 Å². The normalized spacial score (nSPS) is 6.00. The van der Waals surface area contributed by atoms with Gasteiger partial charge < -0.3 is 29.8 Å². The molecule has 4 heteroatoms. The maximum atomic E-state index is 4.59. The molecule has 0 radical (unpaired) electrons. The van der Waals surface area contributed by atoms with E-state index in [1.165, 1.54) is 0 Å². The molecule has 7 heavy (non-hydrogen) atoms. The van der Waals surface area contributed by atoms with Crippen LogP contribution in [-0.4, -0.2) is 42.5 Å². The van der Waals surface area contributed by atoms with Crippen LogP contribution < -0.4 is 12.4 Å². The second kappa shape index (κ2) is 15.7. The number of ether oxygens (including phenoxy) is 1. The van der Waals surface area contributed by atoms with Crippen LogP contribution in [-0.2, 0) is 17.4 Å². The Morgan fingerprint density at radius 2 is 2.00 bits per heavy atom. The Labute approximate surface area is 72.2 Å². The van der Waals surface area contributed by atoms with E-state index in [4.69, 9.17) is 0 Å². The van der Waals surface area contributed by atoms with Gasteiger partial charge in [0.05, 0.1) is 0 Å². The van der Waals surface area contributed by atoms with Gasteiger partial charge in [0.2, 0.25) is 0 Å². The van der Waals surface area contributed by atoms with Crippen LogP contribution in [0.15, 0.2) is 0 Å². The average Bonchev–Trinajstić information content (AvgIpc) is 1.41. The molecule has 0 rings (SSSR count). The van der Waals surface area contributed by atoms with Crippen molar-refractivity contribution in [3.63, 3.8) is 0 Å². The number of hydrogen-bond donors (Lipinski definition) is 0. The van der Waals surface area contributed by atoms with Crippen LogP contribution in [0, 0.1) is 0 Å². The van der Waals surface area contributed by atoms with Crippen molar-refractivity contribution in [3.05, 3.63) is 0 Å². The van der Waals surface area contributed by atoms with Gasteiger partial charge >= 0.3 is 23.1 Å². The first-order chi connectivity index (χ1) is 2.41. The predicted molar refractivity (Wildman–Crippen MR) is 29.9 cm³/mol. The van der Waals surface area contributed by atoms with Gasteiger partial charge in [0.25, 0.3) is 0 Å². The van der Waals surface area contributed by atoms with Crippen molar-refractivity contribution in [2.45, 2.75) is 0 Å². The Bertz CT molecular complexity index is 22.4. The smallest absolute Gasteiger partial charge is 1.00 e.